The molecule has 6 heteroatoms. The van der Waals surface area contributed by atoms with Crippen molar-refractivity contribution in [3.8, 4) is 5.75 Å². The maximum absolute atomic E-state index is 13.7. The number of nitrogens with two attached hydrogens (primary N) is 1. The van der Waals surface area contributed by atoms with Crippen molar-refractivity contribution in [2.75, 3.05) is 5.73 Å². The molecule has 1 aromatic carbocycles. The molecule has 0 bridgehead atoms. The van der Waals surface area contributed by atoms with Crippen molar-refractivity contribution in [3.05, 3.63) is 41.3 Å². The zero-order valence-electron chi connectivity index (χ0n) is 11.1. The third-order valence-corrected chi connectivity index (χ3v) is 3.59. The first-order valence-electron chi connectivity index (χ1n) is 6.01. The molecule has 0 aliphatic heterocycles. The lowest BCUT2D eigenvalue weighted by molar-refractivity contribution is 0.230. The van der Waals surface area contributed by atoms with Gasteiger partial charge in [0.15, 0.2) is 11.6 Å². The highest BCUT2D eigenvalue weighted by Gasteiger charge is 2.12. The van der Waals surface area contributed by atoms with Gasteiger partial charge in [0, 0.05) is 22.8 Å². The molecule has 0 spiro atoms. The van der Waals surface area contributed by atoms with Crippen molar-refractivity contribution >= 4 is 29.1 Å². The number of hydrogen-bond donors (Lipinski definition) is 1. The average Bonchev–Trinajstić information content (AvgIpc) is 2.37. The van der Waals surface area contributed by atoms with Crippen molar-refractivity contribution in [1.29, 1.82) is 0 Å². The summed E-state index contributed by atoms with van der Waals surface area (Å²) in [5.41, 5.74) is 6.18. The predicted octanol–water partition coefficient (Wildman–Crippen LogP) is 4.39. The molecule has 0 fully saturated rings. The van der Waals surface area contributed by atoms with Crippen LogP contribution in [0.5, 0.6) is 5.75 Å². The smallest absolute Gasteiger partial charge is 0.167 e. The largest absolute Gasteiger partial charge is 0.488 e. The second kappa shape index (κ2) is 6.33. The van der Waals surface area contributed by atoms with Gasteiger partial charge in [0.05, 0.1) is 11.1 Å². The number of benzene rings is 1. The van der Waals surface area contributed by atoms with Crippen LogP contribution >= 0.6 is 23.4 Å². The molecule has 106 valence electrons. The van der Waals surface area contributed by atoms with Crippen LogP contribution in [0, 0.1) is 5.82 Å². The van der Waals surface area contributed by atoms with Crippen molar-refractivity contribution in [3.63, 3.8) is 0 Å². The standard InChI is InChI=1S/C14H14ClFN2OS/c1-8(2)19-12-6-13(11(17)5-10(12)16)20-14-4-3-9(15)7-18-14/h3-8H,17H2,1-2H3. The minimum atomic E-state index is -0.468. The van der Waals surface area contributed by atoms with E-state index in [9.17, 15) is 4.39 Å². The van der Waals surface area contributed by atoms with Gasteiger partial charge in [0.25, 0.3) is 0 Å². The molecule has 0 aliphatic rings. The molecule has 20 heavy (non-hydrogen) atoms. The van der Waals surface area contributed by atoms with Gasteiger partial charge in [0.2, 0.25) is 0 Å². The molecule has 1 heterocycles. The normalized spacial score (nSPS) is 10.8. The van der Waals surface area contributed by atoms with Crippen LogP contribution in [0.3, 0.4) is 0 Å². The molecule has 1 aromatic heterocycles. The summed E-state index contributed by atoms with van der Waals surface area (Å²) in [6.07, 6.45) is 1.44. The summed E-state index contributed by atoms with van der Waals surface area (Å²) >= 11 is 7.11. The number of hydrogen-bond acceptors (Lipinski definition) is 4. The van der Waals surface area contributed by atoms with Crippen LogP contribution in [0.15, 0.2) is 40.4 Å². The van der Waals surface area contributed by atoms with Crippen molar-refractivity contribution in [1.82, 2.24) is 4.98 Å². The molecule has 0 atom stereocenters. The number of halogens is 2. The quantitative estimate of drug-likeness (QED) is 0.850. The third-order valence-electron chi connectivity index (χ3n) is 2.34. The minimum Gasteiger partial charge on any atom is -0.488 e. The number of aromatic nitrogens is 1. The number of rotatable bonds is 4. The average molecular weight is 313 g/mol. The van der Waals surface area contributed by atoms with Gasteiger partial charge in [-0.05, 0) is 32.0 Å². The van der Waals surface area contributed by atoms with Crippen LogP contribution in [-0.4, -0.2) is 11.1 Å². The van der Waals surface area contributed by atoms with Crippen LogP contribution in [-0.2, 0) is 0 Å². The number of ether oxygens (including phenoxy) is 1. The van der Waals surface area contributed by atoms with E-state index in [1.807, 2.05) is 13.8 Å². The van der Waals surface area contributed by atoms with Crippen LogP contribution in [0.2, 0.25) is 5.02 Å². The highest BCUT2D eigenvalue weighted by atomic mass is 35.5. The Bertz CT molecular complexity index is 605. The lowest BCUT2D eigenvalue weighted by Crippen LogP contribution is -2.07. The van der Waals surface area contributed by atoms with Gasteiger partial charge in [-0.3, -0.25) is 0 Å². The molecule has 0 amide bonds. The van der Waals surface area contributed by atoms with Crippen LogP contribution in [0.4, 0.5) is 10.1 Å². The van der Waals surface area contributed by atoms with E-state index < -0.39 is 5.82 Å². The van der Waals surface area contributed by atoms with Gasteiger partial charge in [-0.2, -0.15) is 0 Å². The second-order valence-electron chi connectivity index (χ2n) is 4.40. The first kappa shape index (κ1) is 14.9. The molecule has 2 rings (SSSR count). The monoisotopic (exact) mass is 312 g/mol. The fraction of sp³-hybridized carbons (Fsp3) is 0.214. The molecule has 2 N–H and O–H groups in total. The maximum Gasteiger partial charge on any atom is 0.167 e. The fourth-order valence-electron chi connectivity index (χ4n) is 1.52. The maximum atomic E-state index is 13.7. The molecule has 3 nitrogen and oxygen atoms in total. The number of anilines is 1. The van der Waals surface area contributed by atoms with Crippen molar-refractivity contribution in [2.24, 2.45) is 0 Å². The summed E-state index contributed by atoms with van der Waals surface area (Å²) in [6.45, 7) is 3.67. The zero-order chi connectivity index (χ0) is 14.7. The third kappa shape index (κ3) is 3.77. The minimum absolute atomic E-state index is 0.111. The Morgan fingerprint density at radius 2 is 2.10 bits per heavy atom. The molecule has 0 saturated heterocycles. The van der Waals surface area contributed by atoms with Gasteiger partial charge in [-0.15, -0.1) is 0 Å². The van der Waals surface area contributed by atoms with Gasteiger partial charge >= 0.3 is 0 Å². The number of pyridine rings is 1. The Kier molecular flexibility index (Phi) is 4.73. The number of nitrogen functional groups attached to an aromatic ring is 1. The van der Waals surface area contributed by atoms with Crippen LogP contribution in [0.1, 0.15) is 13.8 Å². The first-order valence-corrected chi connectivity index (χ1v) is 7.20. The van der Waals surface area contributed by atoms with E-state index in [0.717, 1.165) is 5.03 Å². The zero-order valence-corrected chi connectivity index (χ0v) is 12.6. The van der Waals surface area contributed by atoms with E-state index >= 15 is 0 Å². The van der Waals surface area contributed by atoms with Crippen molar-refractivity contribution in [2.45, 2.75) is 29.9 Å². The molecule has 0 saturated carbocycles. The van der Waals surface area contributed by atoms with E-state index in [4.69, 9.17) is 22.1 Å². The first-order chi connectivity index (χ1) is 9.45. The van der Waals surface area contributed by atoms with E-state index in [1.54, 1.807) is 24.4 Å². The molecular formula is C14H14ClFN2OS. The topological polar surface area (TPSA) is 48.1 Å². The summed E-state index contributed by atoms with van der Waals surface area (Å²) < 4.78 is 19.1. The molecular weight excluding hydrogens is 299 g/mol. The van der Waals surface area contributed by atoms with Gasteiger partial charge in [-0.25, -0.2) is 9.37 Å². The van der Waals surface area contributed by atoms with Gasteiger partial charge in [0.1, 0.15) is 5.03 Å². The Balaban J connectivity index is 2.28. The summed E-state index contributed by atoms with van der Waals surface area (Å²) in [4.78, 5) is 4.86. The summed E-state index contributed by atoms with van der Waals surface area (Å²) in [5.74, 6) is -0.282. The highest BCUT2D eigenvalue weighted by Crippen LogP contribution is 2.35. The van der Waals surface area contributed by atoms with Gasteiger partial charge < -0.3 is 10.5 Å². The Morgan fingerprint density at radius 1 is 1.35 bits per heavy atom. The predicted molar refractivity (Wildman–Crippen MR) is 79.9 cm³/mol. The van der Waals surface area contributed by atoms with Crippen LogP contribution in [0.25, 0.3) is 0 Å². The fourth-order valence-corrected chi connectivity index (χ4v) is 2.44. The van der Waals surface area contributed by atoms with Crippen molar-refractivity contribution < 1.29 is 9.13 Å². The molecule has 0 aliphatic carbocycles. The Labute approximate surface area is 126 Å². The molecule has 0 unspecified atom stereocenters. The van der Waals surface area contributed by atoms with Gasteiger partial charge in [-0.1, -0.05) is 23.4 Å². The second-order valence-corrected chi connectivity index (χ2v) is 5.90. The SMILES string of the molecule is CC(C)Oc1cc(Sc2ccc(Cl)cn2)c(N)cc1F. The highest BCUT2D eigenvalue weighted by molar-refractivity contribution is 7.99. The summed E-state index contributed by atoms with van der Waals surface area (Å²) in [6, 6.07) is 6.36. The summed E-state index contributed by atoms with van der Waals surface area (Å²) in [7, 11) is 0. The Morgan fingerprint density at radius 3 is 2.70 bits per heavy atom. The molecule has 0 radical (unpaired) electrons. The Hall–Kier alpha value is -1.46. The van der Waals surface area contributed by atoms with E-state index in [-0.39, 0.29) is 11.9 Å². The number of nitrogens with zero attached hydrogens (tertiary/aromatic N) is 1. The van der Waals surface area contributed by atoms with E-state index in [0.29, 0.717) is 15.6 Å². The van der Waals surface area contributed by atoms with Crippen LogP contribution < -0.4 is 10.5 Å². The lowest BCUT2D eigenvalue weighted by atomic mass is 10.3. The molecule has 2 aromatic rings. The summed E-state index contributed by atoms with van der Waals surface area (Å²) in [5, 5.41) is 1.29. The van der Waals surface area contributed by atoms with E-state index in [2.05, 4.69) is 4.98 Å². The van der Waals surface area contributed by atoms with E-state index in [1.165, 1.54) is 17.8 Å². The lowest BCUT2D eigenvalue weighted by Gasteiger charge is -2.13.